The van der Waals surface area contributed by atoms with E-state index >= 15 is 0 Å². The van der Waals surface area contributed by atoms with E-state index in [4.69, 9.17) is 5.26 Å². The lowest BCUT2D eigenvalue weighted by Crippen LogP contribution is -2.18. The fourth-order valence-corrected chi connectivity index (χ4v) is 1.91. The first-order valence-corrected chi connectivity index (χ1v) is 5.90. The lowest BCUT2D eigenvalue weighted by molar-refractivity contribution is -0.118. The fraction of sp³-hybridized carbons (Fsp3) is 0.286. The first-order valence-electron chi connectivity index (χ1n) is 5.90. The number of carbonyl (C=O) groups excluding carboxylic acids is 1. The summed E-state index contributed by atoms with van der Waals surface area (Å²) in [7, 11) is 0. The maximum absolute atomic E-state index is 11.6. The van der Waals surface area contributed by atoms with Gasteiger partial charge in [-0.1, -0.05) is 13.3 Å². The monoisotopic (exact) mass is 239 g/mol. The molecule has 0 N–H and O–H groups in total. The summed E-state index contributed by atoms with van der Waals surface area (Å²) in [6, 6.07) is 5.69. The zero-order valence-electron chi connectivity index (χ0n) is 10.1. The molecule has 1 aromatic heterocycles. The average Bonchev–Trinajstić information content (AvgIpc) is 2.40. The molecule has 18 heavy (non-hydrogen) atoms. The highest BCUT2D eigenvalue weighted by atomic mass is 16.1. The number of amides is 1. The standard InChI is InChI=1S/C14H13N3O/c1-2-3-13-12(10-4-6-16-7-5-10)8-11(9-15)14(18)17-13/h4-8,11H,2-3H2,1H3. The van der Waals surface area contributed by atoms with Crippen LogP contribution in [0.5, 0.6) is 0 Å². The van der Waals surface area contributed by atoms with Gasteiger partial charge in [0.15, 0.2) is 0 Å². The molecule has 2 rings (SSSR count). The largest absolute Gasteiger partial charge is 0.271 e. The average molecular weight is 239 g/mol. The Kier molecular flexibility index (Phi) is 3.63. The van der Waals surface area contributed by atoms with Gasteiger partial charge in [-0.25, -0.2) is 4.99 Å². The van der Waals surface area contributed by atoms with Crippen molar-refractivity contribution in [3.63, 3.8) is 0 Å². The minimum atomic E-state index is -0.770. The van der Waals surface area contributed by atoms with E-state index < -0.39 is 5.92 Å². The van der Waals surface area contributed by atoms with Crippen molar-refractivity contribution in [1.82, 2.24) is 4.98 Å². The van der Waals surface area contributed by atoms with Gasteiger partial charge in [-0.05, 0) is 30.2 Å². The third-order valence-electron chi connectivity index (χ3n) is 2.77. The van der Waals surface area contributed by atoms with Crippen molar-refractivity contribution < 1.29 is 4.79 Å². The van der Waals surface area contributed by atoms with Gasteiger partial charge in [0.1, 0.15) is 5.92 Å². The molecule has 0 aromatic carbocycles. The van der Waals surface area contributed by atoms with Gasteiger partial charge >= 0.3 is 0 Å². The van der Waals surface area contributed by atoms with Crippen LogP contribution in [0.1, 0.15) is 25.3 Å². The van der Waals surface area contributed by atoms with E-state index in [-0.39, 0.29) is 5.91 Å². The summed E-state index contributed by atoms with van der Waals surface area (Å²) in [4.78, 5) is 19.6. The van der Waals surface area contributed by atoms with Gasteiger partial charge in [-0.3, -0.25) is 9.78 Å². The smallest absolute Gasteiger partial charge is 0.267 e. The quantitative estimate of drug-likeness (QED) is 0.813. The summed E-state index contributed by atoms with van der Waals surface area (Å²) in [6.07, 6.45) is 6.73. The molecule has 0 saturated heterocycles. The molecule has 90 valence electrons. The molecule has 1 aliphatic heterocycles. The number of nitriles is 1. The van der Waals surface area contributed by atoms with Gasteiger partial charge in [0.25, 0.3) is 5.91 Å². The van der Waals surface area contributed by atoms with Crippen molar-refractivity contribution in [2.24, 2.45) is 10.9 Å². The normalized spacial score (nSPS) is 18.9. The summed E-state index contributed by atoms with van der Waals surface area (Å²) in [5.74, 6) is -1.13. The van der Waals surface area contributed by atoms with Crippen LogP contribution < -0.4 is 0 Å². The number of carbonyl (C=O) groups is 1. The van der Waals surface area contributed by atoms with E-state index in [0.717, 1.165) is 29.7 Å². The Hall–Kier alpha value is -2.28. The van der Waals surface area contributed by atoms with Crippen molar-refractivity contribution in [1.29, 1.82) is 5.26 Å². The SMILES string of the molecule is CCCC1=NC(=O)C(C#N)C=C1c1ccncc1. The molecule has 0 spiro atoms. The zero-order chi connectivity index (χ0) is 13.0. The molecule has 2 heterocycles. The van der Waals surface area contributed by atoms with Gasteiger partial charge in [0.2, 0.25) is 0 Å². The van der Waals surface area contributed by atoms with Gasteiger partial charge < -0.3 is 0 Å². The number of pyridine rings is 1. The third-order valence-corrected chi connectivity index (χ3v) is 2.77. The molecule has 4 nitrogen and oxygen atoms in total. The Morgan fingerprint density at radius 2 is 2.11 bits per heavy atom. The molecule has 4 heteroatoms. The Labute approximate surface area is 106 Å². The van der Waals surface area contributed by atoms with Crippen molar-refractivity contribution in [2.75, 3.05) is 0 Å². The highest BCUT2D eigenvalue weighted by molar-refractivity contribution is 6.28. The van der Waals surface area contributed by atoms with Crippen LogP contribution in [0.4, 0.5) is 0 Å². The number of hydrogen-bond donors (Lipinski definition) is 0. The molecule has 0 radical (unpaired) electrons. The van der Waals surface area contributed by atoms with Crippen molar-refractivity contribution in [3.8, 4) is 6.07 Å². The van der Waals surface area contributed by atoms with Gasteiger partial charge in [0, 0.05) is 18.0 Å². The lowest BCUT2D eigenvalue weighted by atomic mass is 9.92. The van der Waals surface area contributed by atoms with Crippen LogP contribution in [-0.2, 0) is 4.79 Å². The molecular formula is C14H13N3O. The van der Waals surface area contributed by atoms with Crippen LogP contribution in [0.25, 0.3) is 5.57 Å². The van der Waals surface area contributed by atoms with Crippen molar-refractivity contribution in [2.45, 2.75) is 19.8 Å². The summed E-state index contributed by atoms with van der Waals surface area (Å²) in [5.41, 5.74) is 2.59. The van der Waals surface area contributed by atoms with Crippen LogP contribution in [0, 0.1) is 17.2 Å². The molecule has 0 aliphatic carbocycles. The Morgan fingerprint density at radius 3 is 2.72 bits per heavy atom. The van der Waals surface area contributed by atoms with Gasteiger partial charge in [0.05, 0.1) is 11.8 Å². The molecule has 1 amide bonds. The molecule has 1 atom stereocenters. The molecule has 0 saturated carbocycles. The molecular weight excluding hydrogens is 226 g/mol. The first-order chi connectivity index (χ1) is 8.76. The second-order valence-corrected chi connectivity index (χ2v) is 4.07. The van der Waals surface area contributed by atoms with E-state index in [2.05, 4.69) is 9.98 Å². The number of nitrogens with zero attached hydrogens (tertiary/aromatic N) is 3. The van der Waals surface area contributed by atoms with E-state index in [1.807, 2.05) is 25.1 Å². The van der Waals surface area contributed by atoms with Crippen LogP contribution in [0.3, 0.4) is 0 Å². The molecule has 1 unspecified atom stereocenters. The molecule has 1 aromatic rings. The Morgan fingerprint density at radius 1 is 1.39 bits per heavy atom. The second kappa shape index (κ2) is 5.37. The van der Waals surface area contributed by atoms with E-state index in [1.54, 1.807) is 18.5 Å². The van der Waals surface area contributed by atoms with E-state index in [0.29, 0.717) is 0 Å². The van der Waals surface area contributed by atoms with E-state index in [1.165, 1.54) is 0 Å². The number of hydrogen-bond acceptors (Lipinski definition) is 3. The highest BCUT2D eigenvalue weighted by Gasteiger charge is 2.24. The number of aromatic nitrogens is 1. The highest BCUT2D eigenvalue weighted by Crippen LogP contribution is 2.25. The number of dihydropyridines is 1. The predicted molar refractivity (Wildman–Crippen MR) is 68.7 cm³/mol. The summed E-state index contributed by atoms with van der Waals surface area (Å²) >= 11 is 0. The minimum absolute atomic E-state index is 0.362. The molecule has 0 bridgehead atoms. The summed E-state index contributed by atoms with van der Waals surface area (Å²) in [5, 5.41) is 8.95. The number of allylic oxidation sites excluding steroid dienone is 1. The summed E-state index contributed by atoms with van der Waals surface area (Å²) < 4.78 is 0. The number of aliphatic imine (C=N–C) groups is 1. The Balaban J connectivity index is 2.44. The number of rotatable bonds is 3. The zero-order valence-corrected chi connectivity index (χ0v) is 10.1. The van der Waals surface area contributed by atoms with Crippen LogP contribution in [0.15, 0.2) is 35.6 Å². The molecule has 1 aliphatic rings. The second-order valence-electron chi connectivity index (χ2n) is 4.07. The van der Waals surface area contributed by atoms with Crippen LogP contribution in [0.2, 0.25) is 0 Å². The maximum atomic E-state index is 11.6. The van der Waals surface area contributed by atoms with E-state index in [9.17, 15) is 4.79 Å². The van der Waals surface area contributed by atoms with Crippen LogP contribution in [-0.4, -0.2) is 16.6 Å². The fourth-order valence-electron chi connectivity index (χ4n) is 1.91. The van der Waals surface area contributed by atoms with Crippen molar-refractivity contribution in [3.05, 3.63) is 36.2 Å². The van der Waals surface area contributed by atoms with Crippen molar-refractivity contribution >= 4 is 17.2 Å². The maximum Gasteiger partial charge on any atom is 0.267 e. The molecule has 0 fully saturated rings. The Bertz CT molecular complexity index is 552. The summed E-state index contributed by atoms with van der Waals surface area (Å²) in [6.45, 7) is 2.04. The van der Waals surface area contributed by atoms with Gasteiger partial charge in [-0.2, -0.15) is 5.26 Å². The van der Waals surface area contributed by atoms with Crippen LogP contribution >= 0.6 is 0 Å². The third kappa shape index (κ3) is 2.35. The van der Waals surface area contributed by atoms with Gasteiger partial charge in [-0.15, -0.1) is 0 Å². The first kappa shape index (κ1) is 12.2. The minimum Gasteiger partial charge on any atom is -0.271 e. The lowest BCUT2D eigenvalue weighted by Gasteiger charge is -2.16. The topological polar surface area (TPSA) is 66.1 Å². The predicted octanol–water partition coefficient (Wildman–Crippen LogP) is 2.39.